The van der Waals surface area contributed by atoms with Crippen LogP contribution < -0.4 is 20.1 Å². The van der Waals surface area contributed by atoms with Crippen molar-refractivity contribution in [3.8, 4) is 11.5 Å². The minimum atomic E-state index is 0. The molecule has 1 saturated carbocycles. The molecule has 1 unspecified atom stereocenters. The quantitative estimate of drug-likeness (QED) is 0.173. The number of nitrogens with zero attached hydrogens (tertiary/aromatic N) is 1. The third-order valence-corrected chi connectivity index (χ3v) is 5.75. The van der Waals surface area contributed by atoms with Crippen LogP contribution in [0.15, 0.2) is 23.2 Å². The lowest BCUT2D eigenvalue weighted by Gasteiger charge is -2.19. The minimum absolute atomic E-state index is 0. The molecule has 1 aliphatic carbocycles. The maximum absolute atomic E-state index is 6.33. The van der Waals surface area contributed by atoms with E-state index in [9.17, 15) is 0 Å². The van der Waals surface area contributed by atoms with E-state index in [1.54, 1.807) is 7.11 Å². The van der Waals surface area contributed by atoms with Gasteiger partial charge in [-0.05, 0) is 51.5 Å². The fourth-order valence-corrected chi connectivity index (χ4v) is 4.00. The van der Waals surface area contributed by atoms with Gasteiger partial charge in [0.25, 0.3) is 0 Å². The number of benzene rings is 1. The Balaban J connectivity index is 0.00000363. The fourth-order valence-electron chi connectivity index (χ4n) is 4.00. The average Bonchev–Trinajstić information content (AvgIpc) is 3.49. The molecule has 0 radical (unpaired) electrons. The van der Waals surface area contributed by atoms with Crippen LogP contribution in [0.1, 0.15) is 51.0 Å². The van der Waals surface area contributed by atoms with E-state index in [0.717, 1.165) is 88.2 Å². The maximum Gasteiger partial charge on any atom is 0.191 e. The first-order chi connectivity index (χ1) is 15.3. The molecule has 1 atom stereocenters. The maximum atomic E-state index is 6.33. The summed E-state index contributed by atoms with van der Waals surface area (Å²) < 4.78 is 23.1. The van der Waals surface area contributed by atoms with E-state index >= 15 is 0 Å². The second-order valence-electron chi connectivity index (χ2n) is 8.25. The van der Waals surface area contributed by atoms with Gasteiger partial charge in [0.2, 0.25) is 0 Å². The molecule has 3 rings (SSSR count). The van der Waals surface area contributed by atoms with Gasteiger partial charge < -0.3 is 29.6 Å². The number of hydrogen-bond donors (Lipinski definition) is 2. The molecule has 8 heteroatoms. The van der Waals surface area contributed by atoms with Crippen LogP contribution in [-0.4, -0.2) is 58.7 Å². The van der Waals surface area contributed by atoms with Crippen LogP contribution in [0.25, 0.3) is 0 Å². The summed E-state index contributed by atoms with van der Waals surface area (Å²) in [4.78, 5) is 4.78. The van der Waals surface area contributed by atoms with Crippen LogP contribution in [0.3, 0.4) is 0 Å². The van der Waals surface area contributed by atoms with E-state index in [1.165, 1.54) is 12.8 Å². The zero-order valence-electron chi connectivity index (χ0n) is 19.6. The highest BCUT2D eigenvalue weighted by molar-refractivity contribution is 14.0. The molecule has 0 aromatic heterocycles. The Morgan fingerprint density at radius 1 is 1.19 bits per heavy atom. The summed E-state index contributed by atoms with van der Waals surface area (Å²) in [7, 11) is 1.69. The molecule has 32 heavy (non-hydrogen) atoms. The molecule has 1 heterocycles. The van der Waals surface area contributed by atoms with Gasteiger partial charge in [0, 0.05) is 37.8 Å². The smallest absolute Gasteiger partial charge is 0.191 e. The van der Waals surface area contributed by atoms with Gasteiger partial charge >= 0.3 is 0 Å². The average molecular weight is 562 g/mol. The summed E-state index contributed by atoms with van der Waals surface area (Å²) in [6.07, 6.45) is 7.03. The molecule has 0 spiro atoms. The second-order valence-corrected chi connectivity index (χ2v) is 8.25. The molecular formula is C24H40IN3O4. The number of ether oxygens (including phenoxy) is 4. The molecule has 0 bridgehead atoms. The fraction of sp³-hybridized carbons (Fsp3) is 0.708. The van der Waals surface area contributed by atoms with Crippen molar-refractivity contribution in [3.63, 3.8) is 0 Å². The number of methoxy groups -OCH3 is 1. The van der Waals surface area contributed by atoms with Crippen LogP contribution in [0.2, 0.25) is 0 Å². The van der Waals surface area contributed by atoms with Crippen molar-refractivity contribution in [1.82, 2.24) is 10.6 Å². The van der Waals surface area contributed by atoms with E-state index in [0.29, 0.717) is 12.5 Å². The van der Waals surface area contributed by atoms with Gasteiger partial charge in [0.1, 0.15) is 0 Å². The summed E-state index contributed by atoms with van der Waals surface area (Å²) in [5.41, 5.74) is 1.05. The van der Waals surface area contributed by atoms with Crippen LogP contribution in [0, 0.1) is 5.92 Å². The van der Waals surface area contributed by atoms with Gasteiger partial charge in [-0.2, -0.15) is 0 Å². The molecule has 2 fully saturated rings. The van der Waals surface area contributed by atoms with Crippen molar-refractivity contribution in [3.05, 3.63) is 23.8 Å². The standard InChI is InChI=1S/C24H39N3O4.HI/c1-3-25-24(26-13-7-14-29-17-19-12-15-30-18-19)27-16-20-8-6-11-22(28-2)23(20)31-21-9-4-5-10-21;/h6,8,11,19,21H,3-5,7,9-10,12-18H2,1-2H3,(H2,25,26,27);1H. The van der Waals surface area contributed by atoms with Crippen LogP contribution in [0.5, 0.6) is 11.5 Å². The molecular weight excluding hydrogens is 521 g/mol. The number of rotatable bonds is 12. The van der Waals surface area contributed by atoms with Crippen LogP contribution in [0.4, 0.5) is 0 Å². The Morgan fingerprint density at radius 3 is 2.75 bits per heavy atom. The van der Waals surface area contributed by atoms with Crippen LogP contribution in [-0.2, 0) is 16.0 Å². The third-order valence-electron chi connectivity index (χ3n) is 5.75. The monoisotopic (exact) mass is 561 g/mol. The normalized spacial score (nSPS) is 18.9. The number of aliphatic imine (C=N–C) groups is 1. The Hall–Kier alpha value is -1.26. The van der Waals surface area contributed by atoms with Gasteiger partial charge in [-0.3, -0.25) is 0 Å². The van der Waals surface area contributed by atoms with Crippen molar-refractivity contribution in [2.24, 2.45) is 10.9 Å². The van der Waals surface area contributed by atoms with Crippen molar-refractivity contribution < 1.29 is 18.9 Å². The predicted molar refractivity (Wildman–Crippen MR) is 138 cm³/mol. The SMILES string of the molecule is CCNC(=NCc1cccc(OC)c1OC1CCCC1)NCCCOCC1CCOC1.I. The highest BCUT2D eigenvalue weighted by atomic mass is 127. The molecule has 182 valence electrons. The van der Waals surface area contributed by atoms with E-state index < -0.39 is 0 Å². The summed E-state index contributed by atoms with van der Waals surface area (Å²) >= 11 is 0. The largest absolute Gasteiger partial charge is 0.493 e. The number of guanidine groups is 1. The van der Waals surface area contributed by atoms with Crippen molar-refractivity contribution >= 4 is 29.9 Å². The van der Waals surface area contributed by atoms with Gasteiger partial charge in [0.05, 0.1) is 33.0 Å². The number of para-hydroxylation sites is 1. The molecule has 1 aromatic rings. The molecule has 2 N–H and O–H groups in total. The van der Waals surface area contributed by atoms with Gasteiger partial charge in [0.15, 0.2) is 17.5 Å². The lowest BCUT2D eigenvalue weighted by molar-refractivity contribution is 0.0888. The lowest BCUT2D eigenvalue weighted by atomic mass is 10.1. The third kappa shape index (κ3) is 8.94. The lowest BCUT2D eigenvalue weighted by Crippen LogP contribution is -2.38. The molecule has 0 amide bonds. The van der Waals surface area contributed by atoms with E-state index in [-0.39, 0.29) is 30.1 Å². The summed E-state index contributed by atoms with van der Waals surface area (Å²) in [5, 5.41) is 6.72. The number of halogens is 1. The first kappa shape index (κ1) is 27.0. The van der Waals surface area contributed by atoms with Crippen molar-refractivity contribution in [2.45, 2.75) is 58.1 Å². The Bertz CT molecular complexity index is 677. The number of nitrogens with one attached hydrogen (secondary N) is 2. The summed E-state index contributed by atoms with van der Waals surface area (Å²) in [5.74, 6) is 2.99. The van der Waals surface area contributed by atoms with Gasteiger partial charge in [-0.25, -0.2) is 4.99 Å². The van der Waals surface area contributed by atoms with E-state index in [2.05, 4.69) is 23.6 Å². The molecule has 1 aromatic carbocycles. The Labute approximate surface area is 210 Å². The van der Waals surface area contributed by atoms with E-state index in [1.807, 2.05) is 12.1 Å². The Morgan fingerprint density at radius 2 is 2.03 bits per heavy atom. The predicted octanol–water partition coefficient (Wildman–Crippen LogP) is 4.13. The van der Waals surface area contributed by atoms with Crippen molar-refractivity contribution in [2.75, 3.05) is 46.6 Å². The zero-order valence-corrected chi connectivity index (χ0v) is 21.9. The van der Waals surface area contributed by atoms with Gasteiger partial charge in [-0.15, -0.1) is 24.0 Å². The molecule has 1 saturated heterocycles. The Kier molecular flexibility index (Phi) is 13.1. The highest BCUT2D eigenvalue weighted by Crippen LogP contribution is 2.35. The number of hydrogen-bond acceptors (Lipinski definition) is 5. The molecule has 2 aliphatic rings. The first-order valence-electron chi connectivity index (χ1n) is 11.8. The minimum Gasteiger partial charge on any atom is -0.493 e. The first-order valence-corrected chi connectivity index (χ1v) is 11.8. The van der Waals surface area contributed by atoms with Crippen molar-refractivity contribution in [1.29, 1.82) is 0 Å². The summed E-state index contributed by atoms with van der Waals surface area (Å²) in [6.45, 7) is 7.50. The van der Waals surface area contributed by atoms with Gasteiger partial charge in [-0.1, -0.05) is 12.1 Å². The topological polar surface area (TPSA) is 73.3 Å². The molecule has 1 aliphatic heterocycles. The van der Waals surface area contributed by atoms with Crippen LogP contribution >= 0.6 is 24.0 Å². The van der Waals surface area contributed by atoms with E-state index in [4.69, 9.17) is 23.9 Å². The highest BCUT2D eigenvalue weighted by Gasteiger charge is 2.20. The molecule has 7 nitrogen and oxygen atoms in total. The second kappa shape index (κ2) is 15.6. The summed E-state index contributed by atoms with van der Waals surface area (Å²) in [6, 6.07) is 6.03. The zero-order chi connectivity index (χ0) is 21.7.